The molecule has 0 aliphatic rings. The van der Waals surface area contributed by atoms with Gasteiger partial charge in [-0.2, -0.15) is 4.31 Å². The number of halogens is 1. The number of benzene rings is 1. The van der Waals surface area contributed by atoms with Crippen molar-refractivity contribution in [3.8, 4) is 0 Å². The Labute approximate surface area is 135 Å². The SMILES string of the molecule is CN(Cc1cccs1)S(=O)(=O)c1ccc(C(=O)O)cc1Br. The summed E-state index contributed by atoms with van der Waals surface area (Å²) < 4.78 is 26.5. The van der Waals surface area contributed by atoms with Crippen LogP contribution in [0.2, 0.25) is 0 Å². The van der Waals surface area contributed by atoms with Gasteiger partial charge in [-0.05, 0) is 45.6 Å². The number of thiophene rings is 1. The van der Waals surface area contributed by atoms with Gasteiger partial charge in [0.25, 0.3) is 0 Å². The molecule has 0 unspecified atom stereocenters. The molecule has 5 nitrogen and oxygen atoms in total. The second-order valence-electron chi connectivity index (χ2n) is 4.29. The molecule has 0 aliphatic carbocycles. The van der Waals surface area contributed by atoms with Crippen LogP contribution in [0.3, 0.4) is 0 Å². The third-order valence-electron chi connectivity index (χ3n) is 2.83. The number of carbonyl (C=O) groups is 1. The van der Waals surface area contributed by atoms with Crippen LogP contribution in [0, 0.1) is 0 Å². The summed E-state index contributed by atoms with van der Waals surface area (Å²) in [6.07, 6.45) is 0. The smallest absolute Gasteiger partial charge is 0.335 e. The molecule has 2 rings (SSSR count). The van der Waals surface area contributed by atoms with E-state index in [0.29, 0.717) is 0 Å². The van der Waals surface area contributed by atoms with Crippen molar-refractivity contribution < 1.29 is 18.3 Å². The van der Waals surface area contributed by atoms with E-state index in [-0.39, 0.29) is 21.5 Å². The number of rotatable bonds is 5. The van der Waals surface area contributed by atoms with E-state index in [2.05, 4.69) is 15.9 Å². The number of nitrogens with zero attached hydrogens (tertiary/aromatic N) is 1. The van der Waals surface area contributed by atoms with Crippen LogP contribution in [-0.4, -0.2) is 30.8 Å². The fourth-order valence-electron chi connectivity index (χ4n) is 1.72. The Kier molecular flexibility index (Phi) is 4.82. The molecule has 1 heterocycles. The summed E-state index contributed by atoms with van der Waals surface area (Å²) in [6.45, 7) is 0.271. The second-order valence-corrected chi connectivity index (χ2v) is 8.19. The van der Waals surface area contributed by atoms with E-state index >= 15 is 0 Å². The zero-order valence-electron chi connectivity index (χ0n) is 11.0. The van der Waals surface area contributed by atoms with E-state index in [1.807, 2.05) is 17.5 Å². The molecule has 112 valence electrons. The van der Waals surface area contributed by atoms with Crippen LogP contribution >= 0.6 is 27.3 Å². The van der Waals surface area contributed by atoms with Gasteiger partial charge in [0.2, 0.25) is 10.0 Å². The van der Waals surface area contributed by atoms with Crippen molar-refractivity contribution in [1.82, 2.24) is 4.31 Å². The van der Waals surface area contributed by atoms with E-state index in [4.69, 9.17) is 5.11 Å². The second kappa shape index (κ2) is 6.27. The zero-order valence-corrected chi connectivity index (χ0v) is 14.2. The summed E-state index contributed by atoms with van der Waals surface area (Å²) in [5, 5.41) is 10.8. The molecule has 0 radical (unpaired) electrons. The highest BCUT2D eigenvalue weighted by Crippen LogP contribution is 2.27. The maximum absolute atomic E-state index is 12.5. The van der Waals surface area contributed by atoms with Crippen LogP contribution in [-0.2, 0) is 16.6 Å². The highest BCUT2D eigenvalue weighted by molar-refractivity contribution is 9.10. The molecule has 0 fully saturated rings. The molecule has 0 spiro atoms. The summed E-state index contributed by atoms with van der Waals surface area (Å²) in [5.74, 6) is -1.11. The molecule has 1 aromatic carbocycles. The summed E-state index contributed by atoms with van der Waals surface area (Å²) in [5.41, 5.74) is 0.0294. The first-order chi connectivity index (χ1) is 9.82. The predicted octanol–water partition coefficient (Wildman–Crippen LogP) is 3.03. The molecule has 0 aliphatic heterocycles. The normalized spacial score (nSPS) is 11.8. The van der Waals surface area contributed by atoms with Crippen LogP contribution in [0.1, 0.15) is 15.2 Å². The maximum atomic E-state index is 12.5. The largest absolute Gasteiger partial charge is 0.478 e. The van der Waals surface area contributed by atoms with Gasteiger partial charge >= 0.3 is 5.97 Å². The molecular weight excluding hydrogens is 378 g/mol. The summed E-state index contributed by atoms with van der Waals surface area (Å²) in [7, 11) is -2.20. The van der Waals surface area contributed by atoms with Gasteiger partial charge in [0.05, 0.1) is 10.5 Å². The van der Waals surface area contributed by atoms with Crippen LogP contribution in [0.15, 0.2) is 45.1 Å². The number of carboxylic acids is 1. The van der Waals surface area contributed by atoms with E-state index in [9.17, 15) is 13.2 Å². The predicted molar refractivity (Wildman–Crippen MR) is 84.1 cm³/mol. The Balaban J connectivity index is 2.33. The molecule has 21 heavy (non-hydrogen) atoms. The van der Waals surface area contributed by atoms with E-state index in [0.717, 1.165) is 4.88 Å². The summed E-state index contributed by atoms with van der Waals surface area (Å²) in [4.78, 5) is 11.9. The first kappa shape index (κ1) is 16.2. The minimum absolute atomic E-state index is 0.0294. The first-order valence-electron chi connectivity index (χ1n) is 5.84. The van der Waals surface area contributed by atoms with E-state index in [1.165, 1.54) is 40.9 Å². The van der Waals surface area contributed by atoms with Crippen molar-refractivity contribution in [3.05, 3.63) is 50.6 Å². The van der Waals surface area contributed by atoms with Crippen molar-refractivity contribution in [2.24, 2.45) is 0 Å². The van der Waals surface area contributed by atoms with Crippen molar-refractivity contribution in [2.75, 3.05) is 7.05 Å². The van der Waals surface area contributed by atoms with Crippen LogP contribution in [0.25, 0.3) is 0 Å². The molecule has 8 heteroatoms. The zero-order chi connectivity index (χ0) is 15.6. The summed E-state index contributed by atoms with van der Waals surface area (Å²) >= 11 is 4.61. The fourth-order valence-corrected chi connectivity index (χ4v) is 4.74. The highest BCUT2D eigenvalue weighted by atomic mass is 79.9. The van der Waals surface area contributed by atoms with Crippen molar-refractivity contribution in [2.45, 2.75) is 11.4 Å². The Bertz CT molecular complexity index is 756. The third kappa shape index (κ3) is 3.52. The van der Waals surface area contributed by atoms with Gasteiger partial charge in [0.1, 0.15) is 0 Å². The van der Waals surface area contributed by atoms with Crippen LogP contribution in [0.4, 0.5) is 0 Å². The molecule has 0 bridgehead atoms. The lowest BCUT2D eigenvalue weighted by molar-refractivity contribution is 0.0696. The van der Waals surface area contributed by atoms with Crippen LogP contribution in [0.5, 0.6) is 0 Å². The van der Waals surface area contributed by atoms with E-state index < -0.39 is 16.0 Å². The Morgan fingerprint density at radius 3 is 2.62 bits per heavy atom. The average molecular weight is 390 g/mol. The van der Waals surface area contributed by atoms with Gasteiger partial charge in [-0.1, -0.05) is 6.07 Å². The maximum Gasteiger partial charge on any atom is 0.335 e. The van der Waals surface area contributed by atoms with Gasteiger partial charge in [0, 0.05) is 22.9 Å². The Hall–Kier alpha value is -1.22. The lowest BCUT2D eigenvalue weighted by Crippen LogP contribution is -2.26. The monoisotopic (exact) mass is 389 g/mol. The fraction of sp³-hybridized carbons (Fsp3) is 0.154. The lowest BCUT2D eigenvalue weighted by Gasteiger charge is -2.17. The highest BCUT2D eigenvalue weighted by Gasteiger charge is 2.24. The first-order valence-corrected chi connectivity index (χ1v) is 8.95. The number of carboxylic acid groups (broad SMARTS) is 1. The number of hydrogen-bond donors (Lipinski definition) is 1. The molecule has 2 aromatic rings. The average Bonchev–Trinajstić information content (AvgIpc) is 2.90. The topological polar surface area (TPSA) is 74.7 Å². The van der Waals surface area contributed by atoms with E-state index in [1.54, 1.807) is 0 Å². The van der Waals surface area contributed by atoms with Crippen molar-refractivity contribution in [1.29, 1.82) is 0 Å². The Morgan fingerprint density at radius 2 is 2.10 bits per heavy atom. The quantitative estimate of drug-likeness (QED) is 0.852. The number of sulfonamides is 1. The number of aromatic carboxylic acids is 1. The standard InChI is InChI=1S/C13H12BrNO4S2/c1-15(8-10-3-2-6-20-10)21(18,19)12-5-4-9(13(16)17)7-11(12)14/h2-7H,8H2,1H3,(H,16,17). The van der Waals surface area contributed by atoms with Gasteiger partial charge in [-0.15, -0.1) is 11.3 Å². The minimum Gasteiger partial charge on any atom is -0.478 e. The van der Waals surface area contributed by atoms with Gasteiger partial charge in [0.15, 0.2) is 0 Å². The molecule has 1 aromatic heterocycles. The molecular formula is C13H12BrNO4S2. The molecule has 0 atom stereocenters. The molecule has 0 saturated carbocycles. The van der Waals surface area contributed by atoms with Gasteiger partial charge < -0.3 is 5.11 Å². The van der Waals surface area contributed by atoms with Gasteiger partial charge in [-0.25, -0.2) is 13.2 Å². The molecule has 0 amide bonds. The van der Waals surface area contributed by atoms with Crippen molar-refractivity contribution >= 4 is 43.3 Å². The Morgan fingerprint density at radius 1 is 1.38 bits per heavy atom. The lowest BCUT2D eigenvalue weighted by atomic mass is 10.2. The van der Waals surface area contributed by atoms with Crippen LogP contribution < -0.4 is 0 Å². The third-order valence-corrected chi connectivity index (χ3v) is 6.47. The summed E-state index contributed by atoms with van der Waals surface area (Å²) in [6, 6.07) is 7.58. The number of hydrogen-bond acceptors (Lipinski definition) is 4. The van der Waals surface area contributed by atoms with Gasteiger partial charge in [-0.3, -0.25) is 0 Å². The van der Waals surface area contributed by atoms with Crippen molar-refractivity contribution in [3.63, 3.8) is 0 Å². The minimum atomic E-state index is -3.69. The molecule has 1 N–H and O–H groups in total. The molecule has 0 saturated heterocycles.